The lowest BCUT2D eigenvalue weighted by Gasteiger charge is -2.17. The summed E-state index contributed by atoms with van der Waals surface area (Å²) in [5, 5.41) is 0. The van der Waals surface area contributed by atoms with Gasteiger partial charge in [-0.1, -0.05) is 0 Å². The van der Waals surface area contributed by atoms with Crippen LogP contribution in [-0.2, 0) is 9.53 Å². The van der Waals surface area contributed by atoms with Gasteiger partial charge in [0.1, 0.15) is 5.60 Å². The molecule has 0 heterocycles. The summed E-state index contributed by atoms with van der Waals surface area (Å²) >= 11 is 0. The van der Waals surface area contributed by atoms with Crippen molar-refractivity contribution in [3.8, 4) is 0 Å². The molecule has 58 valence electrons. The first-order chi connectivity index (χ1) is 4.45. The van der Waals surface area contributed by atoms with Crippen LogP contribution in [0.1, 0.15) is 20.8 Å². The van der Waals surface area contributed by atoms with E-state index in [2.05, 4.69) is 0 Å². The second-order valence-electron chi connectivity index (χ2n) is 2.89. The van der Waals surface area contributed by atoms with Gasteiger partial charge >= 0.3 is 5.97 Å². The minimum Gasteiger partial charge on any atom is -0.457 e. The van der Waals surface area contributed by atoms with Gasteiger partial charge in [0.05, 0.1) is 0 Å². The maximum Gasteiger partial charge on any atom is 0.332 e. The Bertz CT molecular complexity index is 144. The fraction of sp³-hybridized carbons (Fsp3) is 0.571. The van der Waals surface area contributed by atoms with E-state index in [0.717, 1.165) is 6.20 Å². The molecule has 0 aliphatic rings. The highest BCUT2D eigenvalue weighted by atomic mass is 16.6. The fourth-order valence-corrected chi connectivity index (χ4v) is 0.414. The summed E-state index contributed by atoms with van der Waals surface area (Å²) < 4.78 is 4.87. The molecule has 3 nitrogen and oxygen atoms in total. The Balaban J connectivity index is 3.81. The Labute approximate surface area is 60.9 Å². The van der Waals surface area contributed by atoms with E-state index in [9.17, 15) is 4.79 Å². The average molecular weight is 143 g/mol. The minimum absolute atomic E-state index is 0.407. The van der Waals surface area contributed by atoms with Crippen LogP contribution in [0.4, 0.5) is 0 Å². The molecular weight excluding hydrogens is 130 g/mol. The molecule has 0 unspecified atom stereocenters. The van der Waals surface area contributed by atoms with Gasteiger partial charge in [-0.3, -0.25) is 0 Å². The number of esters is 1. The summed E-state index contributed by atoms with van der Waals surface area (Å²) in [6.07, 6.45) is 2.35. The molecule has 0 radical (unpaired) electrons. The first-order valence-electron chi connectivity index (χ1n) is 3.07. The molecular formula is C7H13NO2. The predicted molar refractivity (Wildman–Crippen MR) is 39.2 cm³/mol. The van der Waals surface area contributed by atoms with E-state index < -0.39 is 11.6 Å². The van der Waals surface area contributed by atoms with Crippen LogP contribution >= 0.6 is 0 Å². The topological polar surface area (TPSA) is 52.3 Å². The van der Waals surface area contributed by atoms with Crippen LogP contribution in [0.5, 0.6) is 0 Å². The smallest absolute Gasteiger partial charge is 0.332 e. The second-order valence-corrected chi connectivity index (χ2v) is 2.89. The number of carbonyl (C=O) groups is 1. The van der Waals surface area contributed by atoms with E-state index in [4.69, 9.17) is 10.5 Å². The van der Waals surface area contributed by atoms with Crippen LogP contribution in [0.25, 0.3) is 0 Å². The third-order valence-corrected chi connectivity index (χ3v) is 0.639. The number of hydrogen-bond acceptors (Lipinski definition) is 3. The van der Waals surface area contributed by atoms with Gasteiger partial charge in [-0.2, -0.15) is 0 Å². The van der Waals surface area contributed by atoms with Crippen molar-refractivity contribution in [3.63, 3.8) is 0 Å². The Morgan fingerprint density at radius 3 is 2.30 bits per heavy atom. The Hall–Kier alpha value is -0.990. The molecule has 0 aliphatic heterocycles. The summed E-state index contributed by atoms with van der Waals surface area (Å²) in [5.41, 5.74) is 4.53. The molecule has 0 fully saturated rings. The van der Waals surface area contributed by atoms with Gasteiger partial charge in [0.15, 0.2) is 0 Å². The third kappa shape index (κ3) is 5.15. The van der Waals surface area contributed by atoms with Gasteiger partial charge in [0.2, 0.25) is 0 Å². The minimum atomic E-state index is -0.434. The van der Waals surface area contributed by atoms with Crippen molar-refractivity contribution in [2.24, 2.45) is 5.73 Å². The van der Waals surface area contributed by atoms with Crippen LogP contribution in [0.15, 0.2) is 12.3 Å². The van der Waals surface area contributed by atoms with Crippen molar-refractivity contribution in [3.05, 3.63) is 12.3 Å². The van der Waals surface area contributed by atoms with Gasteiger partial charge in [0, 0.05) is 12.3 Å². The van der Waals surface area contributed by atoms with E-state index in [1.54, 1.807) is 20.8 Å². The third-order valence-electron chi connectivity index (χ3n) is 0.639. The number of carbonyl (C=O) groups excluding carboxylic acids is 1. The Morgan fingerprint density at radius 1 is 1.50 bits per heavy atom. The van der Waals surface area contributed by atoms with Crippen LogP contribution in [0.2, 0.25) is 0 Å². The van der Waals surface area contributed by atoms with Crippen LogP contribution in [0.3, 0.4) is 0 Å². The molecule has 0 saturated heterocycles. The van der Waals surface area contributed by atoms with Gasteiger partial charge < -0.3 is 10.5 Å². The molecule has 0 aliphatic carbocycles. The lowest BCUT2D eigenvalue weighted by Crippen LogP contribution is -2.22. The van der Waals surface area contributed by atoms with Crippen molar-refractivity contribution in [1.82, 2.24) is 0 Å². The van der Waals surface area contributed by atoms with Crippen molar-refractivity contribution < 1.29 is 9.53 Å². The normalized spacial score (nSPS) is 11.9. The SMILES string of the molecule is CC(C)(C)OC(=O)/C=C/N. The van der Waals surface area contributed by atoms with Gasteiger partial charge in [-0.05, 0) is 20.8 Å². The van der Waals surface area contributed by atoms with Crippen LogP contribution in [0, 0.1) is 0 Å². The molecule has 0 rings (SSSR count). The maximum absolute atomic E-state index is 10.7. The lowest BCUT2D eigenvalue weighted by atomic mass is 10.2. The molecule has 0 aromatic carbocycles. The van der Waals surface area contributed by atoms with Crippen LogP contribution < -0.4 is 5.73 Å². The van der Waals surface area contributed by atoms with Crippen molar-refractivity contribution in [1.29, 1.82) is 0 Å². The van der Waals surface area contributed by atoms with Crippen molar-refractivity contribution >= 4 is 5.97 Å². The molecule has 10 heavy (non-hydrogen) atoms. The number of ether oxygens (including phenoxy) is 1. The molecule has 0 aromatic heterocycles. The molecule has 0 aromatic rings. The van der Waals surface area contributed by atoms with Crippen LogP contribution in [-0.4, -0.2) is 11.6 Å². The summed E-state index contributed by atoms with van der Waals surface area (Å²) in [4.78, 5) is 10.7. The largest absolute Gasteiger partial charge is 0.457 e. The molecule has 0 atom stereocenters. The fourth-order valence-electron chi connectivity index (χ4n) is 0.414. The summed E-state index contributed by atoms with van der Waals surface area (Å²) in [6, 6.07) is 0. The van der Waals surface area contributed by atoms with E-state index in [-0.39, 0.29) is 0 Å². The summed E-state index contributed by atoms with van der Waals surface area (Å²) in [5.74, 6) is -0.407. The molecule has 0 spiro atoms. The molecule has 3 heteroatoms. The summed E-state index contributed by atoms with van der Waals surface area (Å²) in [7, 11) is 0. The highest BCUT2D eigenvalue weighted by Crippen LogP contribution is 2.06. The predicted octanol–water partition coefficient (Wildman–Crippen LogP) is 0.800. The summed E-state index contributed by atoms with van der Waals surface area (Å²) in [6.45, 7) is 5.40. The number of rotatable bonds is 1. The Morgan fingerprint density at radius 2 is 2.00 bits per heavy atom. The molecule has 0 saturated carbocycles. The van der Waals surface area contributed by atoms with Gasteiger partial charge in [-0.25, -0.2) is 4.79 Å². The maximum atomic E-state index is 10.7. The second kappa shape index (κ2) is 3.25. The first kappa shape index (κ1) is 9.01. The highest BCUT2D eigenvalue weighted by Gasteiger charge is 2.13. The zero-order valence-electron chi connectivity index (χ0n) is 6.55. The molecule has 2 N–H and O–H groups in total. The highest BCUT2D eigenvalue weighted by molar-refractivity contribution is 5.82. The Kier molecular flexibility index (Phi) is 2.93. The molecule has 0 bridgehead atoms. The number of hydrogen-bond donors (Lipinski definition) is 1. The van der Waals surface area contributed by atoms with E-state index in [1.807, 2.05) is 0 Å². The van der Waals surface area contributed by atoms with E-state index in [1.165, 1.54) is 6.08 Å². The zero-order valence-corrected chi connectivity index (χ0v) is 6.55. The standard InChI is InChI=1S/C7H13NO2/c1-7(2,3)10-6(9)4-5-8/h4-5H,8H2,1-3H3/b5-4+. The van der Waals surface area contributed by atoms with E-state index in [0.29, 0.717) is 0 Å². The van der Waals surface area contributed by atoms with E-state index >= 15 is 0 Å². The zero-order chi connectivity index (χ0) is 8.20. The van der Waals surface area contributed by atoms with Crippen molar-refractivity contribution in [2.45, 2.75) is 26.4 Å². The number of nitrogens with two attached hydrogens (primary N) is 1. The lowest BCUT2D eigenvalue weighted by molar-refractivity contribution is -0.148. The van der Waals surface area contributed by atoms with Gasteiger partial charge in [0.25, 0.3) is 0 Å². The average Bonchev–Trinajstić information content (AvgIpc) is 1.59. The van der Waals surface area contributed by atoms with Gasteiger partial charge in [-0.15, -0.1) is 0 Å². The monoisotopic (exact) mass is 143 g/mol. The van der Waals surface area contributed by atoms with Crippen molar-refractivity contribution in [2.75, 3.05) is 0 Å². The first-order valence-corrected chi connectivity index (χ1v) is 3.07. The quantitative estimate of drug-likeness (QED) is 0.436. The molecule has 0 amide bonds.